The molecule has 0 aliphatic rings. The van der Waals surface area contributed by atoms with Crippen molar-refractivity contribution in [3.63, 3.8) is 0 Å². The lowest BCUT2D eigenvalue weighted by atomic mass is 10.0. The summed E-state index contributed by atoms with van der Waals surface area (Å²) in [6, 6.07) is 13.9. The van der Waals surface area contributed by atoms with Gasteiger partial charge in [-0.25, -0.2) is 4.63 Å². The van der Waals surface area contributed by atoms with E-state index in [0.717, 1.165) is 16.3 Å². The molecule has 2 N–H and O–H groups in total. The molecule has 0 atom stereocenters. The Hall–Kier alpha value is -4.21. The van der Waals surface area contributed by atoms with Crippen LogP contribution in [-0.2, 0) is 11.2 Å². The standard InChI is InChI=1S/C20H16N4O6/c25-18(26)10-13-3-1-2-12-4-5-14(11-15(12)13)29-9-8-21-16-6-7-17(24(27)28)20-19(16)22-30-23-20/h1-7,11,21H,8-10H2,(H,25,26). The number of aromatic nitrogens is 2. The van der Waals surface area contributed by atoms with Crippen LogP contribution >= 0.6 is 0 Å². The predicted molar refractivity (Wildman–Crippen MR) is 108 cm³/mol. The van der Waals surface area contributed by atoms with E-state index in [1.807, 2.05) is 30.3 Å². The van der Waals surface area contributed by atoms with E-state index in [2.05, 4.69) is 20.3 Å². The van der Waals surface area contributed by atoms with Crippen LogP contribution in [0.15, 0.2) is 53.2 Å². The van der Waals surface area contributed by atoms with E-state index < -0.39 is 10.9 Å². The summed E-state index contributed by atoms with van der Waals surface area (Å²) in [4.78, 5) is 21.6. The molecule has 0 aliphatic heterocycles. The van der Waals surface area contributed by atoms with Crippen LogP contribution in [0.3, 0.4) is 0 Å². The number of anilines is 1. The fourth-order valence-electron chi connectivity index (χ4n) is 3.22. The topological polar surface area (TPSA) is 141 Å². The van der Waals surface area contributed by atoms with Crippen molar-refractivity contribution in [2.24, 2.45) is 0 Å². The molecule has 0 bridgehead atoms. The number of rotatable bonds is 8. The van der Waals surface area contributed by atoms with Crippen LogP contribution < -0.4 is 10.1 Å². The van der Waals surface area contributed by atoms with Crippen molar-refractivity contribution in [2.75, 3.05) is 18.5 Å². The van der Waals surface area contributed by atoms with Crippen LogP contribution in [-0.4, -0.2) is 39.5 Å². The second-order valence-corrected chi connectivity index (χ2v) is 6.50. The zero-order valence-electron chi connectivity index (χ0n) is 15.6. The maximum absolute atomic E-state index is 11.1. The van der Waals surface area contributed by atoms with Crippen LogP contribution in [0.4, 0.5) is 11.4 Å². The largest absolute Gasteiger partial charge is 0.492 e. The third-order valence-electron chi connectivity index (χ3n) is 4.56. The van der Waals surface area contributed by atoms with E-state index in [9.17, 15) is 14.9 Å². The highest BCUT2D eigenvalue weighted by Gasteiger charge is 2.19. The van der Waals surface area contributed by atoms with Gasteiger partial charge >= 0.3 is 11.7 Å². The van der Waals surface area contributed by atoms with Gasteiger partial charge in [0.2, 0.25) is 5.52 Å². The Morgan fingerprint density at radius 2 is 2.00 bits per heavy atom. The van der Waals surface area contributed by atoms with E-state index in [1.54, 1.807) is 12.1 Å². The Balaban J connectivity index is 1.44. The normalized spacial score (nSPS) is 10.9. The summed E-state index contributed by atoms with van der Waals surface area (Å²) < 4.78 is 10.4. The molecular weight excluding hydrogens is 392 g/mol. The fraction of sp³-hybridized carbons (Fsp3) is 0.150. The van der Waals surface area contributed by atoms with Gasteiger partial charge in [-0.15, -0.1) is 0 Å². The molecule has 30 heavy (non-hydrogen) atoms. The summed E-state index contributed by atoms with van der Waals surface area (Å²) in [5, 5.41) is 32.3. The van der Waals surface area contributed by atoms with Crippen molar-refractivity contribution in [1.82, 2.24) is 10.3 Å². The summed E-state index contributed by atoms with van der Waals surface area (Å²) in [6.45, 7) is 0.699. The number of carbonyl (C=O) groups is 1. The molecule has 1 aromatic heterocycles. The molecule has 152 valence electrons. The third-order valence-corrected chi connectivity index (χ3v) is 4.56. The van der Waals surface area contributed by atoms with Crippen molar-refractivity contribution in [3.8, 4) is 5.75 Å². The first-order valence-electron chi connectivity index (χ1n) is 9.03. The highest BCUT2D eigenvalue weighted by atomic mass is 16.6. The lowest BCUT2D eigenvalue weighted by Gasteiger charge is -2.11. The Bertz CT molecular complexity index is 1250. The molecule has 10 heteroatoms. The molecule has 0 unspecified atom stereocenters. The Morgan fingerprint density at radius 1 is 1.17 bits per heavy atom. The maximum atomic E-state index is 11.1. The van der Waals surface area contributed by atoms with Gasteiger partial charge in [-0.05, 0) is 44.8 Å². The van der Waals surface area contributed by atoms with E-state index in [0.29, 0.717) is 24.6 Å². The smallest absolute Gasteiger partial charge is 0.307 e. The van der Waals surface area contributed by atoms with Crippen LogP contribution in [0.2, 0.25) is 0 Å². The third kappa shape index (κ3) is 3.83. The zero-order chi connectivity index (χ0) is 21.1. The highest BCUT2D eigenvalue weighted by molar-refractivity contribution is 5.93. The lowest BCUT2D eigenvalue weighted by Crippen LogP contribution is -2.12. The van der Waals surface area contributed by atoms with E-state index >= 15 is 0 Å². The van der Waals surface area contributed by atoms with E-state index in [4.69, 9.17) is 9.84 Å². The summed E-state index contributed by atoms with van der Waals surface area (Å²) in [6.07, 6.45) is -0.0653. The Kier molecular flexibility index (Phi) is 5.12. The molecule has 4 aromatic rings. The van der Waals surface area contributed by atoms with Crippen molar-refractivity contribution in [1.29, 1.82) is 0 Å². The SMILES string of the molecule is O=C(O)Cc1cccc2ccc(OCCNc3ccc([N+](=O)[O-])c4nonc34)cc12. The number of nitro groups is 1. The van der Waals surface area contributed by atoms with Gasteiger partial charge in [0.1, 0.15) is 12.4 Å². The number of hydrogen-bond donors (Lipinski definition) is 2. The molecule has 1 heterocycles. The zero-order valence-corrected chi connectivity index (χ0v) is 15.6. The number of nitrogens with zero attached hydrogens (tertiary/aromatic N) is 3. The average molecular weight is 408 g/mol. The Labute approximate surface area is 169 Å². The molecule has 4 rings (SSSR count). The summed E-state index contributed by atoms with van der Waals surface area (Å²) in [5.74, 6) is -0.283. The molecular formula is C20H16N4O6. The molecule has 0 spiro atoms. The van der Waals surface area contributed by atoms with Gasteiger partial charge in [0, 0.05) is 12.6 Å². The number of aliphatic carboxylic acids is 1. The van der Waals surface area contributed by atoms with Crippen LogP contribution in [0.5, 0.6) is 5.75 Å². The first-order chi connectivity index (χ1) is 14.5. The van der Waals surface area contributed by atoms with Gasteiger partial charge in [0.25, 0.3) is 0 Å². The van der Waals surface area contributed by atoms with Gasteiger partial charge in [-0.2, -0.15) is 0 Å². The van der Waals surface area contributed by atoms with Crippen LogP contribution in [0.1, 0.15) is 5.56 Å². The monoisotopic (exact) mass is 408 g/mol. The van der Waals surface area contributed by atoms with Crippen molar-refractivity contribution >= 4 is 39.1 Å². The minimum atomic E-state index is -0.894. The van der Waals surface area contributed by atoms with Gasteiger partial charge in [-0.3, -0.25) is 14.9 Å². The number of carboxylic acid groups (broad SMARTS) is 1. The quantitative estimate of drug-likeness (QED) is 0.255. The number of carboxylic acids is 1. The molecule has 3 aromatic carbocycles. The number of nitro benzene ring substituents is 1. The number of non-ortho nitro benzene ring substituents is 1. The maximum Gasteiger partial charge on any atom is 0.307 e. The summed E-state index contributed by atoms with van der Waals surface area (Å²) in [7, 11) is 0. The number of fused-ring (bicyclic) bond motifs is 2. The van der Waals surface area contributed by atoms with Crippen molar-refractivity contribution in [3.05, 3.63) is 64.2 Å². The predicted octanol–water partition coefficient (Wildman–Crippen LogP) is 3.40. The molecule has 0 saturated carbocycles. The second kappa shape index (κ2) is 8.03. The first-order valence-corrected chi connectivity index (χ1v) is 9.03. The van der Waals surface area contributed by atoms with E-state index in [1.165, 1.54) is 6.07 Å². The number of hydrogen-bond acceptors (Lipinski definition) is 8. The first kappa shape index (κ1) is 19.1. The number of ether oxygens (including phenoxy) is 1. The van der Waals surface area contributed by atoms with Crippen molar-refractivity contribution < 1.29 is 24.2 Å². The van der Waals surface area contributed by atoms with E-state index in [-0.39, 0.29) is 23.1 Å². The van der Waals surface area contributed by atoms with Gasteiger partial charge in [0.05, 0.1) is 17.0 Å². The molecule has 10 nitrogen and oxygen atoms in total. The molecule has 0 saturated heterocycles. The second-order valence-electron chi connectivity index (χ2n) is 6.50. The highest BCUT2D eigenvalue weighted by Crippen LogP contribution is 2.29. The molecule has 0 aliphatic carbocycles. The van der Waals surface area contributed by atoms with Gasteiger partial charge < -0.3 is 15.2 Å². The Morgan fingerprint density at radius 3 is 2.80 bits per heavy atom. The van der Waals surface area contributed by atoms with Gasteiger partial charge in [0.15, 0.2) is 5.52 Å². The average Bonchev–Trinajstić information content (AvgIpc) is 3.21. The minimum absolute atomic E-state index is 0.0653. The van der Waals surface area contributed by atoms with Crippen LogP contribution in [0.25, 0.3) is 21.8 Å². The molecule has 0 fully saturated rings. The number of nitrogens with one attached hydrogen (secondary N) is 1. The fourth-order valence-corrected chi connectivity index (χ4v) is 3.22. The minimum Gasteiger partial charge on any atom is -0.492 e. The number of benzene rings is 3. The van der Waals surface area contributed by atoms with Crippen molar-refractivity contribution in [2.45, 2.75) is 6.42 Å². The molecule has 0 radical (unpaired) electrons. The molecule has 0 amide bonds. The van der Waals surface area contributed by atoms with Crippen LogP contribution in [0, 0.1) is 10.1 Å². The summed E-state index contributed by atoms with van der Waals surface area (Å²) in [5.41, 5.74) is 1.43. The lowest BCUT2D eigenvalue weighted by molar-refractivity contribution is -0.383. The summed E-state index contributed by atoms with van der Waals surface area (Å²) >= 11 is 0. The van der Waals surface area contributed by atoms with Gasteiger partial charge in [-0.1, -0.05) is 24.3 Å².